The molecule has 1 amide bonds. The molecular formula is C13H11ClN4O2. The fourth-order valence-corrected chi connectivity index (χ4v) is 1.69. The molecule has 0 spiro atoms. The van der Waals surface area contributed by atoms with Crippen molar-refractivity contribution in [3.8, 4) is 11.8 Å². The van der Waals surface area contributed by atoms with Gasteiger partial charge in [0.05, 0.1) is 5.69 Å². The Hall–Kier alpha value is -2.36. The van der Waals surface area contributed by atoms with Gasteiger partial charge in [-0.1, -0.05) is 23.4 Å². The smallest absolute Gasteiger partial charge is 0.246 e. The minimum atomic E-state index is -0.273. The van der Waals surface area contributed by atoms with E-state index in [1.54, 1.807) is 18.2 Å². The van der Waals surface area contributed by atoms with Crippen molar-refractivity contribution in [3.63, 3.8) is 0 Å². The number of amides is 1. The van der Waals surface area contributed by atoms with Crippen LogP contribution in [0.5, 0.6) is 0 Å². The van der Waals surface area contributed by atoms with Crippen molar-refractivity contribution in [2.75, 3.05) is 11.9 Å². The molecule has 0 atom stereocenters. The van der Waals surface area contributed by atoms with Crippen molar-refractivity contribution in [1.82, 2.24) is 14.8 Å². The van der Waals surface area contributed by atoms with E-state index < -0.39 is 0 Å². The summed E-state index contributed by atoms with van der Waals surface area (Å²) < 4.78 is 1.40. The van der Waals surface area contributed by atoms with Crippen molar-refractivity contribution in [2.24, 2.45) is 0 Å². The molecule has 0 radical (unpaired) electrons. The second kappa shape index (κ2) is 6.70. The number of aromatic nitrogens is 3. The lowest BCUT2D eigenvalue weighted by atomic mass is 10.2. The number of halogens is 1. The molecule has 1 aromatic carbocycles. The molecule has 0 fully saturated rings. The first-order chi connectivity index (χ1) is 9.69. The third-order valence-electron chi connectivity index (χ3n) is 2.33. The van der Waals surface area contributed by atoms with Gasteiger partial charge in [0.1, 0.15) is 25.8 Å². The summed E-state index contributed by atoms with van der Waals surface area (Å²) in [5.41, 5.74) is 1.07. The van der Waals surface area contributed by atoms with E-state index in [2.05, 4.69) is 27.2 Å². The predicted molar refractivity (Wildman–Crippen MR) is 74.1 cm³/mol. The number of benzene rings is 1. The van der Waals surface area contributed by atoms with E-state index in [0.29, 0.717) is 16.3 Å². The Kier molecular flexibility index (Phi) is 4.71. The predicted octanol–water partition coefficient (Wildman–Crippen LogP) is 0.914. The van der Waals surface area contributed by atoms with Gasteiger partial charge in [-0.15, -0.1) is 0 Å². The Balaban J connectivity index is 2.15. The summed E-state index contributed by atoms with van der Waals surface area (Å²) in [7, 11) is 0. The summed E-state index contributed by atoms with van der Waals surface area (Å²) in [5, 5.41) is 15.8. The lowest BCUT2D eigenvalue weighted by Gasteiger charge is -2.08. The lowest BCUT2D eigenvalue weighted by Crippen LogP contribution is -2.19. The zero-order valence-corrected chi connectivity index (χ0v) is 11.1. The fraction of sp³-hybridized carbons (Fsp3) is 0.154. The number of carbonyl (C=O) groups excluding carboxylic acids is 1. The number of nitrogens with zero attached hydrogens (tertiary/aromatic N) is 3. The van der Waals surface area contributed by atoms with Gasteiger partial charge in [-0.3, -0.25) is 4.79 Å². The Morgan fingerprint density at radius 1 is 1.50 bits per heavy atom. The molecule has 0 unspecified atom stereocenters. The van der Waals surface area contributed by atoms with Crippen LogP contribution in [0.25, 0.3) is 0 Å². The maximum absolute atomic E-state index is 11.9. The molecule has 2 N–H and O–H groups in total. The molecule has 2 aromatic rings. The molecule has 0 saturated heterocycles. The topological polar surface area (TPSA) is 80.0 Å². The van der Waals surface area contributed by atoms with E-state index in [1.807, 2.05) is 0 Å². The molecule has 6 nitrogen and oxygen atoms in total. The van der Waals surface area contributed by atoms with Crippen molar-refractivity contribution in [3.05, 3.63) is 41.4 Å². The molecule has 0 saturated carbocycles. The second-order valence-corrected chi connectivity index (χ2v) is 4.23. The van der Waals surface area contributed by atoms with Gasteiger partial charge >= 0.3 is 0 Å². The highest BCUT2D eigenvalue weighted by atomic mass is 35.5. The van der Waals surface area contributed by atoms with Gasteiger partial charge in [0.15, 0.2) is 0 Å². The van der Waals surface area contributed by atoms with Crippen molar-refractivity contribution < 1.29 is 9.90 Å². The average molecular weight is 291 g/mol. The van der Waals surface area contributed by atoms with Crippen molar-refractivity contribution in [1.29, 1.82) is 0 Å². The number of hydrogen-bond donors (Lipinski definition) is 2. The minimum absolute atomic E-state index is 0.0411. The Morgan fingerprint density at radius 3 is 3.05 bits per heavy atom. The van der Waals surface area contributed by atoms with Crippen LogP contribution in [0.4, 0.5) is 5.69 Å². The summed E-state index contributed by atoms with van der Waals surface area (Å²) in [5.74, 6) is 5.00. The third-order valence-corrected chi connectivity index (χ3v) is 2.57. The highest BCUT2D eigenvalue weighted by molar-refractivity contribution is 6.31. The number of rotatable bonds is 3. The van der Waals surface area contributed by atoms with E-state index in [9.17, 15) is 4.79 Å². The molecule has 102 valence electrons. The van der Waals surface area contributed by atoms with Gasteiger partial charge in [0, 0.05) is 10.6 Å². The maximum Gasteiger partial charge on any atom is 0.246 e. The standard InChI is InChI=1S/C13H11ClN4O2/c14-11-4-3-10(2-1-5-19)12(6-11)17-13(20)7-18-9-15-8-16-18/h3-4,6,8-9,19H,5,7H2,(H,17,20). The number of aliphatic hydroxyl groups excluding tert-OH is 1. The van der Waals surface area contributed by atoms with Crippen LogP contribution in [-0.2, 0) is 11.3 Å². The minimum Gasteiger partial charge on any atom is -0.384 e. The SMILES string of the molecule is O=C(Cn1cncn1)Nc1cc(Cl)ccc1C#CCO. The van der Waals surface area contributed by atoms with E-state index >= 15 is 0 Å². The van der Waals surface area contributed by atoms with Crippen molar-refractivity contribution >= 4 is 23.2 Å². The van der Waals surface area contributed by atoms with Gasteiger partial charge in [-0.2, -0.15) is 5.10 Å². The fourth-order valence-electron chi connectivity index (χ4n) is 1.51. The molecule has 1 aromatic heterocycles. The summed E-state index contributed by atoms with van der Waals surface area (Å²) in [6.45, 7) is -0.214. The largest absolute Gasteiger partial charge is 0.384 e. The first kappa shape index (κ1) is 14.1. The van der Waals surface area contributed by atoms with E-state index in [-0.39, 0.29) is 19.1 Å². The molecule has 7 heteroatoms. The maximum atomic E-state index is 11.9. The number of aliphatic hydroxyl groups is 1. The summed E-state index contributed by atoms with van der Waals surface area (Å²) in [6.07, 6.45) is 2.80. The summed E-state index contributed by atoms with van der Waals surface area (Å²) in [6, 6.07) is 4.94. The summed E-state index contributed by atoms with van der Waals surface area (Å²) >= 11 is 5.90. The van der Waals surface area contributed by atoms with Crippen LogP contribution in [-0.4, -0.2) is 32.4 Å². The first-order valence-corrected chi connectivity index (χ1v) is 6.08. The van der Waals surface area contributed by atoms with Crippen LogP contribution >= 0.6 is 11.6 Å². The van der Waals surface area contributed by atoms with Gasteiger partial charge in [-0.05, 0) is 18.2 Å². The second-order valence-electron chi connectivity index (χ2n) is 3.79. The van der Waals surface area contributed by atoms with Crippen LogP contribution in [0.1, 0.15) is 5.56 Å². The number of hydrogen-bond acceptors (Lipinski definition) is 4. The normalized spacial score (nSPS) is 9.70. The summed E-state index contributed by atoms with van der Waals surface area (Å²) in [4.78, 5) is 15.6. The van der Waals surface area contributed by atoms with Gasteiger partial charge in [-0.25, -0.2) is 9.67 Å². The molecule has 0 aliphatic carbocycles. The lowest BCUT2D eigenvalue weighted by molar-refractivity contribution is -0.116. The van der Waals surface area contributed by atoms with Gasteiger partial charge in [0.2, 0.25) is 5.91 Å². The van der Waals surface area contributed by atoms with Crippen LogP contribution in [0, 0.1) is 11.8 Å². The molecule has 20 heavy (non-hydrogen) atoms. The quantitative estimate of drug-likeness (QED) is 0.824. The molecule has 2 rings (SSSR count). The van der Waals surface area contributed by atoms with Crippen LogP contribution in [0.2, 0.25) is 5.02 Å². The highest BCUT2D eigenvalue weighted by Crippen LogP contribution is 2.20. The number of anilines is 1. The highest BCUT2D eigenvalue weighted by Gasteiger charge is 2.07. The zero-order chi connectivity index (χ0) is 14.4. The monoisotopic (exact) mass is 290 g/mol. The molecule has 0 bridgehead atoms. The molecule has 1 heterocycles. The molecule has 0 aliphatic heterocycles. The Morgan fingerprint density at radius 2 is 2.35 bits per heavy atom. The zero-order valence-electron chi connectivity index (χ0n) is 10.4. The first-order valence-electron chi connectivity index (χ1n) is 5.70. The third kappa shape index (κ3) is 3.82. The Bertz CT molecular complexity index is 659. The molecule has 0 aliphatic rings. The average Bonchev–Trinajstić information content (AvgIpc) is 2.90. The van der Waals surface area contributed by atoms with Crippen LogP contribution in [0.15, 0.2) is 30.9 Å². The van der Waals surface area contributed by atoms with E-state index in [4.69, 9.17) is 16.7 Å². The van der Waals surface area contributed by atoms with Crippen LogP contribution < -0.4 is 5.32 Å². The number of carbonyl (C=O) groups is 1. The van der Waals surface area contributed by atoms with E-state index in [1.165, 1.54) is 17.3 Å². The van der Waals surface area contributed by atoms with Crippen molar-refractivity contribution in [2.45, 2.75) is 6.54 Å². The number of nitrogens with one attached hydrogen (secondary N) is 1. The van der Waals surface area contributed by atoms with Crippen LogP contribution in [0.3, 0.4) is 0 Å². The van der Waals surface area contributed by atoms with E-state index in [0.717, 1.165) is 0 Å². The molecular weight excluding hydrogens is 280 g/mol. The Labute approximate surface area is 120 Å². The van der Waals surface area contributed by atoms with Gasteiger partial charge < -0.3 is 10.4 Å². The van der Waals surface area contributed by atoms with Gasteiger partial charge in [0.25, 0.3) is 0 Å².